The van der Waals surface area contributed by atoms with E-state index in [1.54, 1.807) is 25.6 Å². The van der Waals surface area contributed by atoms with Crippen molar-refractivity contribution >= 4 is 35.0 Å². The normalized spacial score (nSPS) is 14.9. The van der Waals surface area contributed by atoms with Crippen LogP contribution in [0.15, 0.2) is 47.4 Å². The highest BCUT2D eigenvalue weighted by Crippen LogP contribution is 2.36. The molecule has 7 nitrogen and oxygen atoms in total. The predicted octanol–water partition coefficient (Wildman–Crippen LogP) is 7.45. The van der Waals surface area contributed by atoms with Crippen LogP contribution in [0.1, 0.15) is 55.8 Å². The summed E-state index contributed by atoms with van der Waals surface area (Å²) in [6.07, 6.45) is -4.58. The first-order chi connectivity index (χ1) is 21.3. The molecule has 0 saturated carbocycles. The zero-order valence-corrected chi connectivity index (χ0v) is 27.9. The van der Waals surface area contributed by atoms with E-state index >= 15 is 0 Å². The van der Waals surface area contributed by atoms with E-state index in [1.165, 1.54) is 23.5 Å². The predicted molar refractivity (Wildman–Crippen MR) is 171 cm³/mol. The summed E-state index contributed by atoms with van der Waals surface area (Å²) < 4.78 is 50.3. The minimum absolute atomic E-state index is 0.182. The van der Waals surface area contributed by atoms with Crippen LogP contribution in [0.25, 0.3) is 10.6 Å². The van der Waals surface area contributed by atoms with Gasteiger partial charge < -0.3 is 14.4 Å². The lowest BCUT2D eigenvalue weighted by Crippen LogP contribution is -2.48. The number of alkyl halides is 3. The summed E-state index contributed by atoms with van der Waals surface area (Å²) in [6, 6.07) is 10.9. The molecule has 1 amide bonds. The number of hydrogen-bond donors (Lipinski definition) is 0. The smallest absolute Gasteiger partial charge is 0.416 e. The Hall–Kier alpha value is -3.09. The maximum absolute atomic E-state index is 13.2. The van der Waals surface area contributed by atoms with Gasteiger partial charge in [0.2, 0.25) is 5.91 Å². The zero-order chi connectivity index (χ0) is 32.7. The first-order valence-electron chi connectivity index (χ1n) is 15.1. The quantitative estimate of drug-likeness (QED) is 0.147. The fraction of sp³-hybridized carbons (Fsp3) is 0.485. The average Bonchev–Trinajstić information content (AvgIpc) is 3.39. The highest BCUT2D eigenvalue weighted by molar-refractivity contribution is 7.98. The number of ether oxygens (including phenoxy) is 2. The summed E-state index contributed by atoms with van der Waals surface area (Å²) >= 11 is 3.12. The van der Waals surface area contributed by atoms with Crippen molar-refractivity contribution in [2.45, 2.75) is 70.5 Å². The Morgan fingerprint density at radius 3 is 2.33 bits per heavy atom. The second kappa shape index (κ2) is 15.5. The molecule has 1 fully saturated rings. The summed E-state index contributed by atoms with van der Waals surface area (Å²) in [7, 11) is 0. The highest BCUT2D eigenvalue weighted by atomic mass is 32.2. The van der Waals surface area contributed by atoms with Crippen molar-refractivity contribution in [2.24, 2.45) is 5.92 Å². The molecule has 0 radical (unpaired) electrons. The Labute approximate surface area is 271 Å². The second-order valence-electron chi connectivity index (χ2n) is 11.4. The Bertz CT molecular complexity index is 1450. The number of carbonyl (C=O) groups is 2. The number of rotatable bonds is 12. The van der Waals surface area contributed by atoms with Crippen LogP contribution in [0.2, 0.25) is 0 Å². The molecule has 4 rings (SSSR count). The molecule has 0 spiro atoms. The second-order valence-corrected chi connectivity index (χ2v) is 13.6. The van der Waals surface area contributed by atoms with Crippen molar-refractivity contribution in [1.29, 1.82) is 0 Å². The van der Waals surface area contributed by atoms with E-state index < -0.39 is 23.8 Å². The molecule has 244 valence electrons. The van der Waals surface area contributed by atoms with Crippen LogP contribution >= 0.6 is 23.1 Å². The SMILES string of the molecule is CCOC(=O)C(C)Oc1ccc(SCc2sc(-c3ccc(C(F)(F)F)cc3)nc2CN2CCN(C(=O)CC(C)C)CC2)cc1C. The van der Waals surface area contributed by atoms with Crippen molar-refractivity contribution < 1.29 is 32.2 Å². The molecule has 1 aliphatic heterocycles. The lowest BCUT2D eigenvalue weighted by atomic mass is 10.1. The third kappa shape index (κ3) is 9.70. The fourth-order valence-electron chi connectivity index (χ4n) is 4.88. The molecule has 12 heteroatoms. The van der Waals surface area contributed by atoms with Gasteiger partial charge in [0.25, 0.3) is 0 Å². The number of thioether (sulfide) groups is 1. The number of nitrogens with zero attached hydrogens (tertiary/aromatic N) is 3. The Kier molecular flexibility index (Phi) is 12.0. The van der Waals surface area contributed by atoms with Gasteiger partial charge in [0, 0.05) is 60.2 Å². The van der Waals surface area contributed by atoms with Crippen LogP contribution in [0.5, 0.6) is 5.75 Å². The van der Waals surface area contributed by atoms with Gasteiger partial charge in [0.15, 0.2) is 6.10 Å². The number of thiazole rings is 1. The fourth-order valence-corrected chi connectivity index (χ4v) is 7.05. The van der Waals surface area contributed by atoms with Crippen LogP contribution in [0.3, 0.4) is 0 Å². The number of carbonyl (C=O) groups excluding carboxylic acids is 2. The van der Waals surface area contributed by atoms with Crippen LogP contribution < -0.4 is 4.74 Å². The molecule has 3 aromatic rings. The topological polar surface area (TPSA) is 72.0 Å². The maximum atomic E-state index is 13.2. The van der Waals surface area contributed by atoms with E-state index in [-0.39, 0.29) is 12.5 Å². The van der Waals surface area contributed by atoms with E-state index in [0.29, 0.717) is 54.0 Å². The largest absolute Gasteiger partial charge is 0.479 e. The van der Waals surface area contributed by atoms with E-state index in [9.17, 15) is 22.8 Å². The molecular weight excluding hydrogens is 624 g/mol. The van der Waals surface area contributed by atoms with E-state index in [2.05, 4.69) is 4.90 Å². The maximum Gasteiger partial charge on any atom is 0.416 e. The zero-order valence-electron chi connectivity index (χ0n) is 26.3. The first-order valence-corrected chi connectivity index (χ1v) is 16.9. The average molecular weight is 664 g/mol. The molecule has 0 N–H and O–H groups in total. The van der Waals surface area contributed by atoms with E-state index in [0.717, 1.165) is 46.3 Å². The number of benzene rings is 2. The standard InChI is InChI=1S/C33H40F3N3O4S2/c1-6-42-32(41)23(5)43-28-12-11-26(18-22(28)4)44-20-29-27(19-38-13-15-39(16-14-38)30(40)17-21(2)3)37-31(45-29)24-7-9-25(10-8-24)33(34,35)36/h7-12,18,21,23H,6,13-17,19-20H2,1-5H3. The lowest BCUT2D eigenvalue weighted by molar-refractivity contribution is -0.150. The molecular formula is C33H40F3N3O4S2. The molecule has 1 aromatic heterocycles. The van der Waals surface area contributed by atoms with Gasteiger partial charge in [0.1, 0.15) is 10.8 Å². The van der Waals surface area contributed by atoms with Gasteiger partial charge in [-0.25, -0.2) is 9.78 Å². The molecule has 45 heavy (non-hydrogen) atoms. The summed E-state index contributed by atoms with van der Waals surface area (Å²) in [5.74, 6) is 1.31. The van der Waals surface area contributed by atoms with Gasteiger partial charge in [-0.15, -0.1) is 23.1 Å². The van der Waals surface area contributed by atoms with Crippen molar-refractivity contribution in [3.63, 3.8) is 0 Å². The van der Waals surface area contributed by atoms with Gasteiger partial charge in [-0.05, 0) is 62.6 Å². The number of hydrogen-bond acceptors (Lipinski definition) is 8. The van der Waals surface area contributed by atoms with Crippen molar-refractivity contribution in [2.75, 3.05) is 32.8 Å². The van der Waals surface area contributed by atoms with E-state index in [4.69, 9.17) is 14.5 Å². The van der Waals surface area contributed by atoms with E-state index in [1.807, 2.05) is 43.9 Å². The number of aromatic nitrogens is 1. The monoisotopic (exact) mass is 663 g/mol. The Morgan fingerprint density at radius 1 is 1.04 bits per heavy atom. The van der Waals surface area contributed by atoms with Crippen LogP contribution in [0.4, 0.5) is 13.2 Å². The number of amides is 1. The summed E-state index contributed by atoms with van der Waals surface area (Å²) in [5, 5.41) is 0.674. The molecule has 0 bridgehead atoms. The third-order valence-corrected chi connectivity index (χ3v) is 9.71. The number of aryl methyl sites for hydroxylation is 1. The molecule has 2 heterocycles. The van der Waals surface area contributed by atoms with Crippen LogP contribution in [-0.4, -0.2) is 65.6 Å². The van der Waals surface area contributed by atoms with Crippen molar-refractivity contribution in [3.8, 4) is 16.3 Å². The third-order valence-electron chi connectivity index (χ3n) is 7.36. The Morgan fingerprint density at radius 2 is 1.73 bits per heavy atom. The lowest BCUT2D eigenvalue weighted by Gasteiger charge is -2.35. The number of piperazine rings is 1. The van der Waals surface area contributed by atoms with Gasteiger partial charge in [-0.1, -0.05) is 26.0 Å². The highest BCUT2D eigenvalue weighted by Gasteiger charge is 2.30. The van der Waals surface area contributed by atoms with Crippen molar-refractivity contribution in [3.05, 3.63) is 64.2 Å². The molecule has 0 aliphatic carbocycles. The molecule has 2 aromatic carbocycles. The van der Waals surface area contributed by atoms with Gasteiger partial charge >= 0.3 is 12.1 Å². The molecule has 1 saturated heterocycles. The molecule has 1 unspecified atom stereocenters. The van der Waals surface area contributed by atoms with Crippen molar-refractivity contribution in [1.82, 2.24) is 14.8 Å². The number of halogens is 3. The van der Waals surface area contributed by atoms with Crippen LogP contribution in [-0.2, 0) is 32.8 Å². The summed E-state index contributed by atoms with van der Waals surface area (Å²) in [5.41, 5.74) is 1.73. The number of esters is 1. The molecule has 1 atom stereocenters. The Balaban J connectivity index is 1.49. The van der Waals surface area contributed by atoms with Gasteiger partial charge in [-0.2, -0.15) is 13.2 Å². The minimum atomic E-state index is -4.40. The minimum Gasteiger partial charge on any atom is -0.479 e. The van der Waals surface area contributed by atoms with Gasteiger partial charge in [-0.3, -0.25) is 9.69 Å². The summed E-state index contributed by atoms with van der Waals surface area (Å²) in [4.78, 5) is 35.7. The molecule has 1 aliphatic rings. The first kappa shape index (κ1) is 34.8. The van der Waals surface area contributed by atoms with Crippen LogP contribution in [0, 0.1) is 12.8 Å². The summed E-state index contributed by atoms with van der Waals surface area (Å²) in [6.45, 7) is 13.1. The van der Waals surface area contributed by atoms with Gasteiger partial charge in [0.05, 0.1) is 17.9 Å².